The molecule has 0 unspecified atom stereocenters. The van der Waals surface area contributed by atoms with E-state index < -0.39 is 0 Å². The summed E-state index contributed by atoms with van der Waals surface area (Å²) in [6.07, 6.45) is 14.2. The lowest BCUT2D eigenvalue weighted by Gasteiger charge is -2.39. The number of rotatable bonds is 4. The van der Waals surface area contributed by atoms with Gasteiger partial charge in [-0.1, -0.05) is 31.0 Å². The van der Waals surface area contributed by atoms with E-state index in [2.05, 4.69) is 20.9 Å². The maximum atomic E-state index is 12.8. The standard InChI is InChI=1S/C29H37N5O3/c35-28(13-17-32-20-15-30-23-32)33-18-11-25(12-19-33)34-16-5-1-2-6-21-36-26-9-3-4-10-27(26)37-29-24(22-34)8-7-14-31-29/h3-4,7-10,14-15,20,23,25H,1-2,5-6,11-13,16-19,21-22H2. The number of likely N-dealkylation sites (tertiary alicyclic amines) is 1. The van der Waals surface area contributed by atoms with Gasteiger partial charge < -0.3 is 18.9 Å². The molecular weight excluding hydrogens is 466 g/mol. The summed E-state index contributed by atoms with van der Waals surface area (Å²) in [5.74, 6) is 2.33. The fourth-order valence-electron chi connectivity index (χ4n) is 5.24. The number of fused-ring (bicyclic) bond motifs is 2. The first-order valence-corrected chi connectivity index (χ1v) is 13.6. The molecule has 2 aliphatic rings. The fraction of sp³-hybridized carbons (Fsp3) is 0.483. The van der Waals surface area contributed by atoms with Gasteiger partial charge in [-0.3, -0.25) is 9.69 Å². The zero-order chi connectivity index (χ0) is 25.3. The van der Waals surface area contributed by atoms with Crippen LogP contribution in [0.2, 0.25) is 0 Å². The van der Waals surface area contributed by atoms with Crippen molar-refractivity contribution in [2.45, 2.75) is 64.1 Å². The molecule has 0 aliphatic carbocycles. The Kier molecular flexibility index (Phi) is 8.69. The van der Waals surface area contributed by atoms with Crippen LogP contribution in [0.4, 0.5) is 0 Å². The number of imidazole rings is 1. The summed E-state index contributed by atoms with van der Waals surface area (Å²) in [6, 6.07) is 12.4. The van der Waals surface area contributed by atoms with Crippen molar-refractivity contribution in [2.24, 2.45) is 0 Å². The second-order valence-corrected chi connectivity index (χ2v) is 9.91. The van der Waals surface area contributed by atoms with Crippen molar-refractivity contribution in [1.82, 2.24) is 24.3 Å². The number of aromatic nitrogens is 3. The molecule has 5 rings (SSSR count). The molecule has 1 aromatic carbocycles. The van der Waals surface area contributed by atoms with Crippen LogP contribution in [0.25, 0.3) is 0 Å². The Labute approximate surface area is 219 Å². The molecule has 0 saturated carbocycles. The predicted octanol–water partition coefficient (Wildman–Crippen LogP) is 4.91. The Morgan fingerprint density at radius 2 is 1.78 bits per heavy atom. The fourth-order valence-corrected chi connectivity index (χ4v) is 5.24. The van der Waals surface area contributed by atoms with Gasteiger partial charge in [-0.05, 0) is 50.4 Å². The van der Waals surface area contributed by atoms with Gasteiger partial charge in [0.05, 0.1) is 12.9 Å². The summed E-state index contributed by atoms with van der Waals surface area (Å²) in [5, 5.41) is 0. The average Bonchev–Trinajstić information content (AvgIpc) is 3.46. The van der Waals surface area contributed by atoms with Crippen LogP contribution >= 0.6 is 0 Å². The second kappa shape index (κ2) is 12.7. The Hall–Kier alpha value is -3.39. The summed E-state index contributed by atoms with van der Waals surface area (Å²) in [4.78, 5) is 26.1. The Morgan fingerprint density at radius 1 is 0.946 bits per heavy atom. The van der Waals surface area contributed by atoms with E-state index in [0.29, 0.717) is 37.2 Å². The van der Waals surface area contributed by atoms with Gasteiger partial charge in [-0.2, -0.15) is 0 Å². The molecule has 196 valence electrons. The number of ether oxygens (including phenoxy) is 2. The van der Waals surface area contributed by atoms with Gasteiger partial charge in [0.25, 0.3) is 0 Å². The number of carbonyl (C=O) groups excluding carboxylic acids is 1. The number of pyridine rings is 1. The lowest BCUT2D eigenvalue weighted by atomic mass is 10.0. The van der Waals surface area contributed by atoms with Crippen LogP contribution in [0.5, 0.6) is 17.4 Å². The molecule has 0 atom stereocenters. The third kappa shape index (κ3) is 6.89. The number of amides is 1. The number of hydrogen-bond donors (Lipinski definition) is 0. The topological polar surface area (TPSA) is 72.7 Å². The quantitative estimate of drug-likeness (QED) is 0.504. The van der Waals surface area contributed by atoms with Crippen molar-refractivity contribution in [1.29, 1.82) is 0 Å². The largest absolute Gasteiger partial charge is 0.490 e. The molecule has 0 bridgehead atoms. The van der Waals surface area contributed by atoms with E-state index in [9.17, 15) is 4.79 Å². The van der Waals surface area contributed by atoms with Gasteiger partial charge in [0.2, 0.25) is 11.8 Å². The lowest BCUT2D eigenvalue weighted by Crippen LogP contribution is -2.47. The zero-order valence-electron chi connectivity index (χ0n) is 21.5. The number of benzene rings is 1. The van der Waals surface area contributed by atoms with Gasteiger partial charge in [-0.15, -0.1) is 0 Å². The van der Waals surface area contributed by atoms with Crippen LogP contribution in [0.15, 0.2) is 61.3 Å². The Morgan fingerprint density at radius 3 is 2.62 bits per heavy atom. The monoisotopic (exact) mass is 503 g/mol. The minimum absolute atomic E-state index is 0.233. The van der Waals surface area contributed by atoms with Crippen LogP contribution < -0.4 is 9.47 Å². The van der Waals surface area contributed by atoms with Crippen LogP contribution in [0, 0.1) is 0 Å². The first kappa shape index (κ1) is 25.3. The molecule has 3 aromatic rings. The van der Waals surface area contributed by atoms with E-state index in [1.807, 2.05) is 46.0 Å². The first-order chi connectivity index (χ1) is 18.3. The summed E-state index contributed by atoms with van der Waals surface area (Å²) >= 11 is 0. The Bertz CT molecular complexity index is 1130. The average molecular weight is 504 g/mol. The highest BCUT2D eigenvalue weighted by Crippen LogP contribution is 2.33. The van der Waals surface area contributed by atoms with E-state index in [4.69, 9.17) is 9.47 Å². The molecule has 4 heterocycles. The normalized spacial score (nSPS) is 18.1. The SMILES string of the molecule is O=C(CCn1ccnc1)N1CCC(N2CCCCCCOc3ccccc3Oc3ncccc3C2)CC1. The first-order valence-electron chi connectivity index (χ1n) is 13.6. The van der Waals surface area contributed by atoms with Crippen molar-refractivity contribution in [2.75, 3.05) is 26.2 Å². The van der Waals surface area contributed by atoms with E-state index in [1.165, 1.54) is 6.42 Å². The summed E-state index contributed by atoms with van der Waals surface area (Å²) in [6.45, 7) is 4.81. The maximum Gasteiger partial charge on any atom is 0.224 e. The molecule has 1 amide bonds. The molecule has 8 nitrogen and oxygen atoms in total. The van der Waals surface area contributed by atoms with E-state index in [0.717, 1.165) is 69.6 Å². The number of carbonyl (C=O) groups is 1. The molecule has 0 radical (unpaired) electrons. The highest BCUT2D eigenvalue weighted by Gasteiger charge is 2.27. The molecule has 1 fully saturated rings. The van der Waals surface area contributed by atoms with Crippen molar-refractivity contribution in [3.63, 3.8) is 0 Å². The summed E-state index contributed by atoms with van der Waals surface area (Å²) in [7, 11) is 0. The van der Waals surface area contributed by atoms with Crippen LogP contribution in [-0.2, 0) is 17.9 Å². The number of nitrogens with zero attached hydrogens (tertiary/aromatic N) is 5. The van der Waals surface area contributed by atoms with Crippen molar-refractivity contribution < 1.29 is 14.3 Å². The smallest absolute Gasteiger partial charge is 0.224 e. The second-order valence-electron chi connectivity index (χ2n) is 9.91. The van der Waals surface area contributed by atoms with Crippen LogP contribution in [0.1, 0.15) is 50.5 Å². The third-order valence-electron chi connectivity index (χ3n) is 7.35. The summed E-state index contributed by atoms with van der Waals surface area (Å²) < 4.78 is 14.3. The lowest BCUT2D eigenvalue weighted by molar-refractivity contribution is -0.133. The highest BCUT2D eigenvalue weighted by molar-refractivity contribution is 5.76. The number of aryl methyl sites for hydroxylation is 1. The molecule has 2 aliphatic heterocycles. The molecule has 8 heteroatoms. The minimum Gasteiger partial charge on any atom is -0.490 e. The van der Waals surface area contributed by atoms with Gasteiger partial charge >= 0.3 is 0 Å². The highest BCUT2D eigenvalue weighted by atomic mass is 16.5. The van der Waals surface area contributed by atoms with Gasteiger partial charge in [0.1, 0.15) is 0 Å². The molecule has 1 saturated heterocycles. The van der Waals surface area contributed by atoms with Crippen molar-refractivity contribution >= 4 is 5.91 Å². The van der Waals surface area contributed by atoms with Gasteiger partial charge in [0, 0.05) is 62.8 Å². The van der Waals surface area contributed by atoms with Gasteiger partial charge in [0.15, 0.2) is 11.5 Å². The molecule has 0 spiro atoms. The molecule has 0 N–H and O–H groups in total. The molecule has 2 aromatic heterocycles. The number of para-hydroxylation sites is 2. The van der Waals surface area contributed by atoms with Crippen LogP contribution in [-0.4, -0.2) is 62.5 Å². The van der Waals surface area contributed by atoms with Crippen molar-refractivity contribution in [3.05, 3.63) is 66.9 Å². The van der Waals surface area contributed by atoms with E-state index in [1.54, 1.807) is 18.7 Å². The van der Waals surface area contributed by atoms with E-state index in [-0.39, 0.29) is 5.91 Å². The predicted molar refractivity (Wildman–Crippen MR) is 142 cm³/mol. The molecular formula is C29H37N5O3. The summed E-state index contributed by atoms with van der Waals surface area (Å²) in [5.41, 5.74) is 1.08. The third-order valence-corrected chi connectivity index (χ3v) is 7.35. The maximum absolute atomic E-state index is 12.8. The number of hydrogen-bond acceptors (Lipinski definition) is 6. The molecule has 37 heavy (non-hydrogen) atoms. The van der Waals surface area contributed by atoms with Crippen LogP contribution in [0.3, 0.4) is 0 Å². The van der Waals surface area contributed by atoms with Crippen molar-refractivity contribution in [3.8, 4) is 17.4 Å². The van der Waals surface area contributed by atoms with E-state index >= 15 is 0 Å². The van der Waals surface area contributed by atoms with Gasteiger partial charge in [-0.25, -0.2) is 9.97 Å². The minimum atomic E-state index is 0.233. The number of piperidine rings is 1. The zero-order valence-corrected chi connectivity index (χ0v) is 21.5. The Balaban J connectivity index is 1.25.